The van der Waals surface area contributed by atoms with E-state index in [2.05, 4.69) is 15.3 Å². The minimum Gasteiger partial charge on any atom is -0.351 e. The van der Waals surface area contributed by atoms with Crippen LogP contribution in [0.1, 0.15) is 29.6 Å². The lowest BCUT2D eigenvalue weighted by atomic mass is 10.1. The van der Waals surface area contributed by atoms with E-state index in [1.54, 1.807) is 36.5 Å². The van der Waals surface area contributed by atoms with E-state index < -0.39 is 25.8 Å². The number of piperidine rings is 1. The van der Waals surface area contributed by atoms with Crippen molar-refractivity contribution < 1.29 is 21.6 Å². The average molecular weight is 527 g/mol. The number of aromatic nitrogens is 2. The van der Waals surface area contributed by atoms with E-state index in [-0.39, 0.29) is 29.6 Å². The maximum Gasteiger partial charge on any atom is 0.253 e. The molecule has 34 heavy (non-hydrogen) atoms. The number of amides is 1. The summed E-state index contributed by atoms with van der Waals surface area (Å²) in [6.07, 6.45) is 7.11. The van der Waals surface area contributed by atoms with Crippen LogP contribution in [0, 0.1) is 0 Å². The molecule has 0 radical (unpaired) electrons. The Kier molecular flexibility index (Phi) is 8.02. The van der Waals surface area contributed by atoms with E-state index in [9.17, 15) is 21.6 Å². The first-order valence-electron chi connectivity index (χ1n) is 10.7. The number of aromatic amines is 1. The van der Waals surface area contributed by atoms with Gasteiger partial charge in [-0.15, -0.1) is 12.4 Å². The summed E-state index contributed by atoms with van der Waals surface area (Å²) in [5.41, 5.74) is 2.38. The fourth-order valence-electron chi connectivity index (χ4n) is 3.87. The highest BCUT2D eigenvalue weighted by Gasteiger charge is 2.25. The lowest BCUT2D eigenvalue weighted by Crippen LogP contribution is -2.35. The first kappa shape index (κ1) is 26.1. The maximum absolute atomic E-state index is 12.9. The lowest BCUT2D eigenvalue weighted by molar-refractivity contribution is 0.0958. The molecule has 1 amide bonds. The van der Waals surface area contributed by atoms with Gasteiger partial charge in [0.2, 0.25) is 10.0 Å². The number of benzene rings is 1. The fraction of sp³-hybridized carbons (Fsp3) is 0.364. The highest BCUT2D eigenvalue weighted by Crippen LogP contribution is 2.27. The van der Waals surface area contributed by atoms with Crippen LogP contribution in [-0.2, 0) is 19.9 Å². The van der Waals surface area contributed by atoms with Crippen molar-refractivity contribution in [2.45, 2.75) is 24.2 Å². The van der Waals surface area contributed by atoms with Crippen molar-refractivity contribution in [1.29, 1.82) is 0 Å². The normalized spacial score (nSPS) is 15.1. The number of halogens is 1. The van der Waals surface area contributed by atoms with Crippen molar-refractivity contribution in [3.63, 3.8) is 0 Å². The monoisotopic (exact) mass is 526 g/mol. The molecular weight excluding hydrogens is 500 g/mol. The smallest absolute Gasteiger partial charge is 0.253 e. The molecular formula is C22H27ClN4O5S2. The quantitative estimate of drug-likeness (QED) is 0.487. The van der Waals surface area contributed by atoms with Crippen LogP contribution >= 0.6 is 12.4 Å². The van der Waals surface area contributed by atoms with Crippen molar-refractivity contribution in [3.8, 4) is 11.1 Å². The van der Waals surface area contributed by atoms with Gasteiger partial charge in [-0.1, -0.05) is 18.6 Å². The molecule has 184 valence electrons. The summed E-state index contributed by atoms with van der Waals surface area (Å²) in [7, 11) is -6.68. The highest BCUT2D eigenvalue weighted by molar-refractivity contribution is 7.90. The van der Waals surface area contributed by atoms with Crippen LogP contribution < -0.4 is 5.32 Å². The third-order valence-corrected chi connectivity index (χ3v) is 8.53. The first-order valence-corrected chi connectivity index (χ1v) is 14.2. The number of hydrogen-bond acceptors (Lipinski definition) is 6. The second-order valence-corrected chi connectivity index (χ2v) is 12.4. The number of nitrogens with one attached hydrogen (secondary N) is 2. The summed E-state index contributed by atoms with van der Waals surface area (Å²) in [4.78, 5) is 20.1. The molecule has 12 heteroatoms. The Labute approximate surface area is 205 Å². The van der Waals surface area contributed by atoms with Gasteiger partial charge in [0.25, 0.3) is 5.91 Å². The molecule has 1 aliphatic heterocycles. The summed E-state index contributed by atoms with van der Waals surface area (Å²) in [6.45, 7) is 1.12. The van der Waals surface area contributed by atoms with Crippen LogP contribution in [0.4, 0.5) is 0 Å². The van der Waals surface area contributed by atoms with Crippen LogP contribution in [-0.4, -0.2) is 68.7 Å². The number of sulfonamides is 1. The minimum absolute atomic E-state index is 0. The standard InChI is InChI=1S/C22H26N4O5S2.ClH/c1-32(28,29)12-9-23-22(27)20-15-25-21-19(20)13-17(14-24-21)16-5-7-18(8-6-16)33(30,31)26-10-3-2-4-11-26;/h5-8,13-15H,2-4,9-12H2,1H3,(H,23,27)(H,24,25);1H. The number of carbonyl (C=O) groups is 1. The predicted molar refractivity (Wildman–Crippen MR) is 133 cm³/mol. The molecule has 0 aliphatic carbocycles. The molecule has 3 heterocycles. The Morgan fingerprint density at radius 3 is 2.38 bits per heavy atom. The summed E-state index contributed by atoms with van der Waals surface area (Å²) in [5, 5.41) is 3.20. The molecule has 2 N–H and O–H groups in total. The number of H-pyrrole nitrogens is 1. The molecule has 3 aromatic rings. The Balaban J connectivity index is 0.00000324. The number of carbonyl (C=O) groups excluding carboxylic acids is 1. The lowest BCUT2D eigenvalue weighted by Gasteiger charge is -2.25. The van der Waals surface area contributed by atoms with Gasteiger partial charge in [0, 0.05) is 49.2 Å². The Morgan fingerprint density at radius 2 is 1.74 bits per heavy atom. The van der Waals surface area contributed by atoms with Gasteiger partial charge >= 0.3 is 0 Å². The maximum atomic E-state index is 12.9. The zero-order valence-corrected chi connectivity index (χ0v) is 21.1. The van der Waals surface area contributed by atoms with Crippen molar-refractivity contribution in [2.24, 2.45) is 0 Å². The summed E-state index contributed by atoms with van der Waals surface area (Å²) < 4.78 is 49.8. The van der Waals surface area contributed by atoms with E-state index >= 15 is 0 Å². The molecule has 1 fully saturated rings. The highest BCUT2D eigenvalue weighted by atomic mass is 35.5. The molecule has 1 saturated heterocycles. The van der Waals surface area contributed by atoms with E-state index in [0.29, 0.717) is 29.7 Å². The summed E-state index contributed by atoms with van der Waals surface area (Å²) in [5.74, 6) is -0.538. The van der Waals surface area contributed by atoms with Gasteiger partial charge in [-0.25, -0.2) is 21.8 Å². The largest absolute Gasteiger partial charge is 0.351 e. The van der Waals surface area contributed by atoms with Crippen molar-refractivity contribution in [1.82, 2.24) is 19.6 Å². The molecule has 0 unspecified atom stereocenters. The SMILES string of the molecule is CS(=O)(=O)CCNC(=O)c1c[nH]c2ncc(-c3ccc(S(=O)(=O)N4CCCCC4)cc3)cc12.Cl. The molecule has 0 bridgehead atoms. The van der Waals surface area contributed by atoms with Crippen LogP contribution in [0.15, 0.2) is 47.6 Å². The Hall–Kier alpha value is -2.47. The van der Waals surface area contributed by atoms with Gasteiger partial charge < -0.3 is 10.3 Å². The van der Waals surface area contributed by atoms with E-state index in [4.69, 9.17) is 0 Å². The molecule has 4 rings (SSSR count). The second kappa shape index (κ2) is 10.4. The van der Waals surface area contributed by atoms with Crippen LogP contribution in [0.3, 0.4) is 0 Å². The van der Waals surface area contributed by atoms with Gasteiger partial charge in [-0.3, -0.25) is 4.79 Å². The number of rotatable bonds is 7. The molecule has 9 nitrogen and oxygen atoms in total. The molecule has 1 aliphatic rings. The molecule has 1 aromatic carbocycles. The van der Waals surface area contributed by atoms with Gasteiger partial charge in [0.15, 0.2) is 0 Å². The zero-order chi connectivity index (χ0) is 23.6. The van der Waals surface area contributed by atoms with Crippen LogP contribution in [0.25, 0.3) is 22.2 Å². The number of fused-ring (bicyclic) bond motifs is 1. The third kappa shape index (κ3) is 5.77. The van der Waals surface area contributed by atoms with E-state index in [1.165, 1.54) is 10.5 Å². The van der Waals surface area contributed by atoms with Crippen molar-refractivity contribution in [2.75, 3.05) is 31.6 Å². The minimum atomic E-state index is -3.51. The Bertz CT molecular complexity index is 1380. The number of sulfone groups is 1. The number of pyridine rings is 1. The van der Waals surface area contributed by atoms with Crippen molar-refractivity contribution >= 4 is 49.2 Å². The Morgan fingerprint density at radius 1 is 1.06 bits per heavy atom. The van der Waals surface area contributed by atoms with Crippen LogP contribution in [0.5, 0.6) is 0 Å². The van der Waals surface area contributed by atoms with Gasteiger partial charge in [-0.2, -0.15) is 4.31 Å². The molecule has 2 aromatic heterocycles. The van der Waals surface area contributed by atoms with Gasteiger partial charge in [-0.05, 0) is 36.6 Å². The second-order valence-electron chi connectivity index (χ2n) is 8.20. The third-order valence-electron chi connectivity index (χ3n) is 5.67. The summed E-state index contributed by atoms with van der Waals surface area (Å²) in [6, 6.07) is 8.47. The molecule has 0 saturated carbocycles. The molecule has 0 atom stereocenters. The number of nitrogens with zero attached hydrogens (tertiary/aromatic N) is 2. The van der Waals surface area contributed by atoms with Gasteiger partial charge in [0.1, 0.15) is 15.5 Å². The van der Waals surface area contributed by atoms with Crippen LogP contribution in [0.2, 0.25) is 0 Å². The topological polar surface area (TPSA) is 129 Å². The van der Waals surface area contributed by atoms with Gasteiger partial charge in [0.05, 0.1) is 16.2 Å². The fourth-order valence-corrected chi connectivity index (χ4v) is 5.86. The predicted octanol–water partition coefficient (Wildman–Crippen LogP) is 2.60. The van der Waals surface area contributed by atoms with E-state index in [0.717, 1.165) is 36.6 Å². The zero-order valence-electron chi connectivity index (χ0n) is 18.7. The molecule has 0 spiro atoms. The first-order chi connectivity index (χ1) is 15.6. The van der Waals surface area contributed by atoms with E-state index in [1.807, 2.05) is 0 Å². The number of hydrogen-bond donors (Lipinski definition) is 2. The average Bonchev–Trinajstić information content (AvgIpc) is 3.22. The summed E-state index contributed by atoms with van der Waals surface area (Å²) >= 11 is 0. The van der Waals surface area contributed by atoms with Crippen molar-refractivity contribution in [3.05, 3.63) is 48.3 Å².